The molecule has 0 aromatic heterocycles. The summed E-state index contributed by atoms with van der Waals surface area (Å²) in [7, 11) is 0. The maximum atomic E-state index is 9.06. The molecule has 1 atom stereocenters. The first-order chi connectivity index (χ1) is 6.63. The van der Waals surface area contributed by atoms with Gasteiger partial charge in [0.05, 0.1) is 6.61 Å². The second-order valence-corrected chi connectivity index (χ2v) is 3.24. The summed E-state index contributed by atoms with van der Waals surface area (Å²) in [6.07, 6.45) is 0. The van der Waals surface area contributed by atoms with Crippen molar-refractivity contribution < 1.29 is 5.11 Å². The van der Waals surface area contributed by atoms with Crippen LogP contribution < -0.4 is 11.5 Å². The average Bonchev–Trinajstić information content (AvgIpc) is 2.14. The number of hydrogen-bond acceptors (Lipinski definition) is 2. The molecule has 0 aliphatic carbocycles. The Bertz CT molecular complexity index is 337. The lowest BCUT2D eigenvalue weighted by Gasteiger charge is -2.09. The SMILES string of the molecule is NC(N)=NC(CO)c1cccc(Cl)c1. The summed E-state index contributed by atoms with van der Waals surface area (Å²) in [4.78, 5) is 3.87. The van der Waals surface area contributed by atoms with Crippen molar-refractivity contribution in [2.24, 2.45) is 16.5 Å². The standard InChI is InChI=1S/C9H12ClN3O/c10-7-3-1-2-6(4-7)8(5-14)13-9(11)12/h1-4,8,14H,5H2,(H4,11,12,13). The van der Waals surface area contributed by atoms with Gasteiger partial charge in [-0.1, -0.05) is 23.7 Å². The molecule has 14 heavy (non-hydrogen) atoms. The van der Waals surface area contributed by atoms with E-state index in [1.54, 1.807) is 24.3 Å². The molecule has 0 saturated heterocycles. The second kappa shape index (κ2) is 4.83. The summed E-state index contributed by atoms with van der Waals surface area (Å²) in [5.41, 5.74) is 11.2. The number of nitrogens with two attached hydrogens (primary N) is 2. The Morgan fingerprint density at radius 1 is 1.50 bits per heavy atom. The second-order valence-electron chi connectivity index (χ2n) is 2.81. The highest BCUT2D eigenvalue weighted by atomic mass is 35.5. The normalized spacial score (nSPS) is 12.1. The molecule has 5 heteroatoms. The number of halogens is 1. The fourth-order valence-corrected chi connectivity index (χ4v) is 1.31. The Kier molecular flexibility index (Phi) is 3.73. The van der Waals surface area contributed by atoms with E-state index in [0.717, 1.165) is 5.56 Å². The Labute approximate surface area is 87.2 Å². The molecule has 76 valence electrons. The van der Waals surface area contributed by atoms with Gasteiger partial charge in [0.2, 0.25) is 0 Å². The van der Waals surface area contributed by atoms with Gasteiger partial charge in [0.25, 0.3) is 0 Å². The number of benzene rings is 1. The van der Waals surface area contributed by atoms with E-state index < -0.39 is 6.04 Å². The van der Waals surface area contributed by atoms with Crippen molar-refractivity contribution in [2.75, 3.05) is 6.61 Å². The van der Waals surface area contributed by atoms with Crippen LogP contribution in [0.1, 0.15) is 11.6 Å². The molecule has 0 spiro atoms. The van der Waals surface area contributed by atoms with Crippen molar-refractivity contribution in [3.63, 3.8) is 0 Å². The van der Waals surface area contributed by atoms with Crippen molar-refractivity contribution >= 4 is 17.6 Å². The van der Waals surface area contributed by atoms with E-state index in [1.807, 2.05) is 0 Å². The molecular formula is C9H12ClN3O. The average molecular weight is 214 g/mol. The lowest BCUT2D eigenvalue weighted by atomic mass is 10.1. The van der Waals surface area contributed by atoms with Gasteiger partial charge in [-0.05, 0) is 17.7 Å². The largest absolute Gasteiger partial charge is 0.394 e. The smallest absolute Gasteiger partial charge is 0.186 e. The van der Waals surface area contributed by atoms with Crippen LogP contribution in [0.25, 0.3) is 0 Å². The molecule has 0 aliphatic heterocycles. The third-order valence-electron chi connectivity index (χ3n) is 1.71. The number of aliphatic hydroxyl groups excluding tert-OH is 1. The van der Waals surface area contributed by atoms with Crippen LogP contribution in [0, 0.1) is 0 Å². The van der Waals surface area contributed by atoms with Crippen LogP contribution in [0.15, 0.2) is 29.3 Å². The zero-order valence-corrected chi connectivity index (χ0v) is 8.28. The van der Waals surface area contributed by atoms with Gasteiger partial charge in [0.15, 0.2) is 5.96 Å². The molecule has 1 unspecified atom stereocenters. The molecule has 0 saturated carbocycles. The summed E-state index contributed by atoms with van der Waals surface area (Å²) < 4.78 is 0. The number of nitrogens with zero attached hydrogens (tertiary/aromatic N) is 1. The molecule has 0 amide bonds. The van der Waals surface area contributed by atoms with E-state index in [0.29, 0.717) is 5.02 Å². The van der Waals surface area contributed by atoms with E-state index in [-0.39, 0.29) is 12.6 Å². The van der Waals surface area contributed by atoms with E-state index in [1.165, 1.54) is 0 Å². The van der Waals surface area contributed by atoms with E-state index in [9.17, 15) is 0 Å². The minimum Gasteiger partial charge on any atom is -0.394 e. The monoisotopic (exact) mass is 213 g/mol. The summed E-state index contributed by atoms with van der Waals surface area (Å²) in [5.74, 6) is -0.0518. The van der Waals surface area contributed by atoms with E-state index in [4.69, 9.17) is 28.2 Å². The molecule has 0 radical (unpaired) electrons. The first kappa shape index (κ1) is 10.8. The Morgan fingerprint density at radius 2 is 2.21 bits per heavy atom. The van der Waals surface area contributed by atoms with Gasteiger partial charge in [-0.25, -0.2) is 4.99 Å². The van der Waals surface area contributed by atoms with Crippen molar-refractivity contribution in [3.8, 4) is 0 Å². The highest BCUT2D eigenvalue weighted by Gasteiger charge is 2.08. The zero-order valence-electron chi connectivity index (χ0n) is 7.52. The molecular weight excluding hydrogens is 202 g/mol. The van der Waals surface area contributed by atoms with Gasteiger partial charge >= 0.3 is 0 Å². The highest BCUT2D eigenvalue weighted by molar-refractivity contribution is 6.30. The first-order valence-corrected chi connectivity index (χ1v) is 4.46. The maximum Gasteiger partial charge on any atom is 0.186 e. The molecule has 5 N–H and O–H groups in total. The molecule has 0 bridgehead atoms. The van der Waals surface area contributed by atoms with Gasteiger partial charge in [-0.2, -0.15) is 0 Å². The highest BCUT2D eigenvalue weighted by Crippen LogP contribution is 2.20. The molecule has 0 fully saturated rings. The quantitative estimate of drug-likeness (QED) is 0.509. The van der Waals surface area contributed by atoms with E-state index in [2.05, 4.69) is 4.99 Å². The molecule has 1 aromatic carbocycles. The first-order valence-electron chi connectivity index (χ1n) is 4.08. The van der Waals surface area contributed by atoms with Gasteiger partial charge in [0, 0.05) is 5.02 Å². The van der Waals surface area contributed by atoms with Crippen molar-refractivity contribution in [1.82, 2.24) is 0 Å². The summed E-state index contributed by atoms with van der Waals surface area (Å²) in [6.45, 7) is -0.155. The lowest BCUT2D eigenvalue weighted by Crippen LogP contribution is -2.24. The van der Waals surface area contributed by atoms with E-state index >= 15 is 0 Å². The third-order valence-corrected chi connectivity index (χ3v) is 1.95. The zero-order chi connectivity index (χ0) is 10.6. The Balaban J connectivity index is 2.95. The number of guanidine groups is 1. The molecule has 1 aromatic rings. The van der Waals surface area contributed by atoms with Crippen LogP contribution in [0.4, 0.5) is 0 Å². The van der Waals surface area contributed by atoms with Crippen LogP contribution in [0.2, 0.25) is 5.02 Å². The Morgan fingerprint density at radius 3 is 2.71 bits per heavy atom. The predicted molar refractivity (Wildman–Crippen MR) is 57.1 cm³/mol. The number of rotatable bonds is 3. The Hall–Kier alpha value is -1.26. The van der Waals surface area contributed by atoms with Gasteiger partial charge in [-0.3, -0.25) is 0 Å². The van der Waals surface area contributed by atoms with Gasteiger partial charge in [-0.15, -0.1) is 0 Å². The van der Waals surface area contributed by atoms with Crippen LogP contribution in [0.3, 0.4) is 0 Å². The lowest BCUT2D eigenvalue weighted by molar-refractivity contribution is 0.269. The van der Waals surface area contributed by atoms with Crippen LogP contribution in [-0.2, 0) is 0 Å². The van der Waals surface area contributed by atoms with Crippen LogP contribution in [-0.4, -0.2) is 17.7 Å². The summed E-state index contributed by atoms with van der Waals surface area (Å²) in [5, 5.41) is 9.65. The van der Waals surface area contributed by atoms with Gasteiger partial charge in [0.1, 0.15) is 6.04 Å². The topological polar surface area (TPSA) is 84.6 Å². The number of hydrogen-bond donors (Lipinski definition) is 3. The minimum absolute atomic E-state index is 0.0518. The van der Waals surface area contributed by atoms with Gasteiger partial charge < -0.3 is 16.6 Å². The predicted octanol–water partition coefficient (Wildman–Crippen LogP) is 0.647. The summed E-state index contributed by atoms with van der Waals surface area (Å²) in [6, 6.07) is 6.60. The number of aliphatic imine (C=N–C) groups is 1. The van der Waals surface area contributed by atoms with Crippen molar-refractivity contribution in [1.29, 1.82) is 0 Å². The maximum absolute atomic E-state index is 9.06. The molecule has 0 aliphatic rings. The molecule has 1 rings (SSSR count). The van der Waals surface area contributed by atoms with Crippen LogP contribution >= 0.6 is 11.6 Å². The third kappa shape index (κ3) is 2.90. The van der Waals surface area contributed by atoms with Crippen molar-refractivity contribution in [3.05, 3.63) is 34.9 Å². The summed E-state index contributed by atoms with van der Waals surface area (Å²) >= 11 is 5.79. The van der Waals surface area contributed by atoms with Crippen LogP contribution in [0.5, 0.6) is 0 Å². The fraction of sp³-hybridized carbons (Fsp3) is 0.222. The molecule has 4 nitrogen and oxygen atoms in total. The molecule has 0 heterocycles. The number of aliphatic hydroxyl groups is 1. The minimum atomic E-state index is -0.446. The fourth-order valence-electron chi connectivity index (χ4n) is 1.11. The van der Waals surface area contributed by atoms with Crippen molar-refractivity contribution in [2.45, 2.75) is 6.04 Å².